The maximum absolute atomic E-state index is 13.9. The van der Waals surface area contributed by atoms with Gasteiger partial charge >= 0.3 is 18.1 Å². The molecule has 7 N–H and O–H groups in total. The van der Waals surface area contributed by atoms with E-state index in [1.54, 1.807) is 20.8 Å². The fourth-order valence-electron chi connectivity index (χ4n) is 5.24. The van der Waals surface area contributed by atoms with Gasteiger partial charge in [0.2, 0.25) is 29.5 Å². The van der Waals surface area contributed by atoms with Gasteiger partial charge in [-0.15, -0.1) is 0 Å². The number of carbonyl (C=O) groups is 7. The summed E-state index contributed by atoms with van der Waals surface area (Å²) in [5.74, 6) is -8.26. The summed E-state index contributed by atoms with van der Waals surface area (Å²) >= 11 is 0. The monoisotopic (exact) mass is 817 g/mol. The number of benzene rings is 1. The molecule has 320 valence electrons. The number of halogens is 3. The summed E-state index contributed by atoms with van der Waals surface area (Å²) in [6.45, 7) is 8.97. The fraction of sp³-hybridized carbons (Fsp3) is 0.639. The first-order valence-electron chi connectivity index (χ1n) is 18.3. The smallest absolute Gasteiger partial charge is 0.467 e. The highest BCUT2D eigenvalue weighted by molar-refractivity contribution is 5.96. The summed E-state index contributed by atoms with van der Waals surface area (Å²) in [5.41, 5.74) is 5.84. The molecule has 1 aromatic carbocycles. The number of esters is 2. The second-order valence-electron chi connectivity index (χ2n) is 14.2. The number of nitrogens with two attached hydrogens (primary N) is 1. The number of rotatable bonds is 23. The third-order valence-corrected chi connectivity index (χ3v) is 8.27. The van der Waals surface area contributed by atoms with Crippen LogP contribution in [0.15, 0.2) is 24.3 Å². The predicted octanol–water partition coefficient (Wildman–Crippen LogP) is 1.47. The Morgan fingerprint density at radius 1 is 0.754 bits per heavy atom. The first-order chi connectivity index (χ1) is 26.5. The van der Waals surface area contributed by atoms with Crippen LogP contribution in [0.4, 0.5) is 18.9 Å². The maximum atomic E-state index is 13.9. The number of nitro benzene ring substituents is 1. The van der Waals surface area contributed by atoms with Gasteiger partial charge in [0.1, 0.15) is 36.8 Å². The van der Waals surface area contributed by atoms with Gasteiger partial charge in [-0.05, 0) is 43.6 Å². The van der Waals surface area contributed by atoms with Gasteiger partial charge in [0, 0.05) is 18.6 Å². The van der Waals surface area contributed by atoms with Gasteiger partial charge in [-0.25, -0.2) is 9.59 Å². The highest BCUT2D eigenvalue weighted by Gasteiger charge is 2.42. The molecule has 57 heavy (non-hydrogen) atoms. The molecule has 0 radical (unpaired) electrons. The molecule has 0 fully saturated rings. The van der Waals surface area contributed by atoms with Crippen LogP contribution in [0.1, 0.15) is 79.2 Å². The summed E-state index contributed by atoms with van der Waals surface area (Å²) in [4.78, 5) is 101. The number of methoxy groups -OCH3 is 1. The van der Waals surface area contributed by atoms with Crippen molar-refractivity contribution < 1.29 is 61.1 Å². The van der Waals surface area contributed by atoms with Crippen molar-refractivity contribution in [3.05, 3.63) is 39.9 Å². The highest BCUT2D eigenvalue weighted by Crippen LogP contribution is 2.17. The molecule has 0 aliphatic rings. The zero-order valence-electron chi connectivity index (χ0n) is 33.0. The van der Waals surface area contributed by atoms with E-state index in [1.165, 1.54) is 19.1 Å². The lowest BCUT2D eigenvalue weighted by molar-refractivity contribution is -0.384. The van der Waals surface area contributed by atoms with Crippen molar-refractivity contribution in [2.24, 2.45) is 17.6 Å². The molecule has 18 nitrogen and oxygen atoms in total. The highest BCUT2D eigenvalue weighted by atomic mass is 19.4. The lowest BCUT2D eigenvalue weighted by Crippen LogP contribution is -2.60. The van der Waals surface area contributed by atoms with E-state index in [4.69, 9.17) is 10.5 Å². The number of alkyl halides is 3. The van der Waals surface area contributed by atoms with E-state index in [9.17, 15) is 56.8 Å². The Kier molecular flexibility index (Phi) is 20.6. The molecule has 6 atom stereocenters. The second-order valence-corrected chi connectivity index (χ2v) is 14.2. The number of nitrogens with zero attached hydrogens (tertiary/aromatic N) is 1. The molecule has 0 aromatic heterocycles. The van der Waals surface area contributed by atoms with Gasteiger partial charge in [-0.1, -0.05) is 59.6 Å². The largest absolute Gasteiger partial charge is 0.490 e. The van der Waals surface area contributed by atoms with Crippen LogP contribution < -0.4 is 32.3 Å². The molecule has 0 saturated carbocycles. The van der Waals surface area contributed by atoms with Crippen LogP contribution in [-0.4, -0.2) is 103 Å². The van der Waals surface area contributed by atoms with E-state index in [0.717, 1.165) is 19.2 Å². The van der Waals surface area contributed by atoms with Crippen LogP contribution >= 0.6 is 0 Å². The van der Waals surface area contributed by atoms with Gasteiger partial charge in [0.25, 0.3) is 5.69 Å². The third-order valence-electron chi connectivity index (χ3n) is 8.27. The Morgan fingerprint density at radius 2 is 1.26 bits per heavy atom. The molecule has 0 saturated heterocycles. The van der Waals surface area contributed by atoms with E-state index < -0.39 is 102 Å². The number of ether oxygens (including phenoxy) is 2. The number of nitro groups is 1. The quantitative estimate of drug-likeness (QED) is 0.0521. The molecule has 0 bridgehead atoms. The Morgan fingerprint density at radius 3 is 1.77 bits per heavy atom. The zero-order chi connectivity index (χ0) is 43.6. The average Bonchev–Trinajstić information content (AvgIpc) is 3.12. The summed E-state index contributed by atoms with van der Waals surface area (Å²) in [6, 6.07) is -3.57. The topological polar surface area (TPSA) is 267 Å². The average molecular weight is 818 g/mol. The third kappa shape index (κ3) is 18.0. The van der Waals surface area contributed by atoms with Gasteiger partial charge in [0.05, 0.1) is 18.1 Å². The Bertz CT molecular complexity index is 1560. The lowest BCUT2D eigenvalue weighted by Gasteiger charge is -2.27. The van der Waals surface area contributed by atoms with Gasteiger partial charge < -0.3 is 41.8 Å². The van der Waals surface area contributed by atoms with Crippen LogP contribution in [-0.2, 0) is 49.5 Å². The van der Waals surface area contributed by atoms with Crippen molar-refractivity contribution >= 4 is 47.2 Å². The first-order valence-corrected chi connectivity index (χ1v) is 18.3. The SMILES string of the molecule is CCCC[C@H](NC(=O)[C@H](Cc1ccc([N+](=O)[O-])cc1)NC(=O)[C@H](COC(=O)C(F)(F)F)NC(=O)[C@@H](N)CC(C)C)C(=O)N[C@@H](C)C(=O)N[C@@H](CC(C)C)C(=O)OC. The number of hydrogen-bond donors (Lipinski definition) is 6. The standard InChI is InChI=1S/C36H54F3N7O11/c1-8-9-10-25(31(49)41-21(6)29(47)44-27(16-20(4)5)34(52)56-7)42-32(50)26(17-22-11-13-23(14-12-22)46(54)55)43-33(51)28(18-57-35(53)36(37,38)39)45-30(48)24(40)15-19(2)3/h11-14,19-21,24-28H,8-10,15-18,40H2,1-7H3,(H,41,49)(H,42,50)(H,43,51)(H,44,47)(H,45,48)/t21-,24-,25-,26-,27-,28-/m0/s1. The van der Waals surface area contributed by atoms with Gasteiger partial charge in [0.15, 0.2) is 0 Å². The van der Waals surface area contributed by atoms with Crippen LogP contribution in [0.3, 0.4) is 0 Å². The molecule has 0 spiro atoms. The second kappa shape index (κ2) is 23.7. The van der Waals surface area contributed by atoms with E-state index in [2.05, 4.69) is 31.3 Å². The van der Waals surface area contributed by atoms with E-state index in [-0.39, 0.29) is 42.3 Å². The minimum Gasteiger partial charge on any atom is -0.467 e. The molecule has 5 amide bonds. The first kappa shape index (κ1) is 49.7. The van der Waals surface area contributed by atoms with Crippen LogP contribution in [0.25, 0.3) is 0 Å². The van der Waals surface area contributed by atoms with Crippen LogP contribution in [0.5, 0.6) is 0 Å². The fourth-order valence-corrected chi connectivity index (χ4v) is 5.24. The number of carbonyl (C=O) groups excluding carboxylic acids is 7. The summed E-state index contributed by atoms with van der Waals surface area (Å²) in [5, 5.41) is 23.2. The summed E-state index contributed by atoms with van der Waals surface area (Å²) < 4.78 is 47.9. The van der Waals surface area contributed by atoms with Gasteiger partial charge in [-0.2, -0.15) is 13.2 Å². The Labute approximate surface area is 328 Å². The molecule has 0 heterocycles. The minimum atomic E-state index is -5.44. The molecule has 0 unspecified atom stereocenters. The zero-order valence-corrected chi connectivity index (χ0v) is 33.0. The van der Waals surface area contributed by atoms with Crippen molar-refractivity contribution in [3.63, 3.8) is 0 Å². The number of hydrogen-bond acceptors (Lipinski definition) is 12. The maximum Gasteiger partial charge on any atom is 0.490 e. The van der Waals surface area contributed by atoms with Crippen molar-refractivity contribution in [2.45, 2.75) is 122 Å². The molecular formula is C36H54F3N7O11. The Hall–Kier alpha value is -5.34. The minimum absolute atomic E-state index is 0.00344. The van der Waals surface area contributed by atoms with Crippen LogP contribution in [0, 0.1) is 22.0 Å². The summed E-state index contributed by atoms with van der Waals surface area (Å²) in [6.07, 6.45) is -4.48. The molecule has 21 heteroatoms. The summed E-state index contributed by atoms with van der Waals surface area (Å²) in [7, 11) is 1.16. The number of non-ortho nitro benzene ring substituents is 1. The lowest BCUT2D eigenvalue weighted by atomic mass is 10.0. The van der Waals surface area contributed by atoms with E-state index in [0.29, 0.717) is 12.8 Å². The van der Waals surface area contributed by atoms with Gasteiger partial charge in [-0.3, -0.25) is 34.1 Å². The number of nitrogens with one attached hydrogen (secondary N) is 5. The molecule has 1 aromatic rings. The predicted molar refractivity (Wildman–Crippen MR) is 198 cm³/mol. The van der Waals surface area contributed by atoms with E-state index >= 15 is 0 Å². The number of unbranched alkanes of at least 4 members (excludes halogenated alkanes) is 1. The molecule has 1 rings (SSSR count). The van der Waals surface area contributed by atoms with Crippen molar-refractivity contribution in [2.75, 3.05) is 13.7 Å². The van der Waals surface area contributed by atoms with Crippen LogP contribution in [0.2, 0.25) is 0 Å². The number of amides is 5. The molecular weight excluding hydrogens is 763 g/mol. The normalized spacial score (nSPS) is 14.5. The molecule has 0 aliphatic heterocycles. The van der Waals surface area contributed by atoms with Crippen molar-refractivity contribution in [3.8, 4) is 0 Å². The van der Waals surface area contributed by atoms with Crippen molar-refractivity contribution in [1.82, 2.24) is 26.6 Å². The Balaban J connectivity index is 3.46. The van der Waals surface area contributed by atoms with E-state index in [1.807, 2.05) is 13.8 Å². The van der Waals surface area contributed by atoms with Crippen molar-refractivity contribution in [1.29, 1.82) is 0 Å². The molecule has 0 aliphatic carbocycles.